The third-order valence-electron chi connectivity index (χ3n) is 6.37. The maximum absolute atomic E-state index is 13.4. The molecule has 8 N–H and O–H groups in total. The van der Waals surface area contributed by atoms with Crippen LogP contribution in [0.5, 0.6) is 0 Å². The average molecular weight is 569 g/mol. The van der Waals surface area contributed by atoms with E-state index in [9.17, 15) is 22.8 Å². The van der Waals surface area contributed by atoms with Gasteiger partial charge >= 0.3 is 0 Å². The molecule has 12 heteroatoms. The van der Waals surface area contributed by atoms with Gasteiger partial charge in [-0.15, -0.1) is 0 Å². The lowest BCUT2D eigenvalue weighted by Gasteiger charge is -2.23. The van der Waals surface area contributed by atoms with E-state index in [1.54, 1.807) is 24.3 Å². The number of hydrogen-bond acceptors (Lipinski definition) is 6. The van der Waals surface area contributed by atoms with Crippen molar-refractivity contribution in [3.05, 3.63) is 83.4 Å². The van der Waals surface area contributed by atoms with Crippen LogP contribution in [0.3, 0.4) is 0 Å². The van der Waals surface area contributed by atoms with Gasteiger partial charge in [-0.2, -0.15) is 0 Å². The van der Waals surface area contributed by atoms with Crippen LogP contribution in [0.1, 0.15) is 37.9 Å². The second-order valence-corrected chi connectivity index (χ2v) is 11.4. The largest absolute Gasteiger partial charge is 0.384 e. The topological polar surface area (TPSA) is 197 Å². The number of benzene rings is 3. The fourth-order valence-electron chi connectivity index (χ4n) is 4.12. The lowest BCUT2D eigenvalue weighted by atomic mass is 9.98. The molecule has 0 aliphatic carbocycles. The molecule has 3 aromatic rings. The van der Waals surface area contributed by atoms with Gasteiger partial charge in [-0.3, -0.25) is 19.8 Å². The molecule has 0 bridgehead atoms. The van der Waals surface area contributed by atoms with E-state index in [0.717, 1.165) is 21.9 Å². The summed E-state index contributed by atoms with van der Waals surface area (Å²) < 4.78 is 27.4. The standard InChI is InChI=1S/C28H34N6O5S.H2/c1-2-40(38,39)34-24(16-21-8-5-7-19-6-3-4-9-22(19)21)28(37)33-23(14-15-25(29)35)27(36)32-17-18-10-12-20(13-11-18)26(30)31;/h3-13,23-24,34H,2,14-17H2,1H3,(H2,29,35)(H3,30,31)(H,32,36)(H,33,37);1H/t23-,24+;/m0./s1. The first kappa shape index (κ1) is 30.3. The first-order chi connectivity index (χ1) is 19.0. The lowest BCUT2D eigenvalue weighted by molar-refractivity contribution is -0.130. The smallest absolute Gasteiger partial charge is 0.242 e. The van der Waals surface area contributed by atoms with Gasteiger partial charge in [0.1, 0.15) is 17.9 Å². The van der Waals surface area contributed by atoms with Crippen molar-refractivity contribution < 1.29 is 24.2 Å². The molecule has 0 radical (unpaired) electrons. The molecule has 0 unspecified atom stereocenters. The molecule has 2 atom stereocenters. The molecule has 11 nitrogen and oxygen atoms in total. The van der Waals surface area contributed by atoms with E-state index >= 15 is 0 Å². The lowest BCUT2D eigenvalue weighted by Crippen LogP contribution is -2.54. The number of nitrogens with one attached hydrogen (secondary N) is 4. The second kappa shape index (κ2) is 13.7. The van der Waals surface area contributed by atoms with Crippen LogP contribution in [0.15, 0.2) is 66.7 Å². The molecule has 3 rings (SSSR count). The molecule has 0 aliphatic rings. The van der Waals surface area contributed by atoms with Gasteiger partial charge in [0.2, 0.25) is 27.7 Å². The number of fused-ring (bicyclic) bond motifs is 1. The van der Waals surface area contributed by atoms with Crippen LogP contribution < -0.4 is 26.8 Å². The Balaban J connectivity index is 0.00000588. The number of amides is 3. The van der Waals surface area contributed by atoms with Crippen molar-refractivity contribution in [1.82, 2.24) is 15.4 Å². The third kappa shape index (κ3) is 8.61. The summed E-state index contributed by atoms with van der Waals surface area (Å²) in [6, 6.07) is 17.5. The number of sulfonamides is 1. The average Bonchev–Trinajstić information content (AvgIpc) is 2.93. The first-order valence-corrected chi connectivity index (χ1v) is 14.4. The Kier molecular flexibility index (Phi) is 10.3. The van der Waals surface area contributed by atoms with Crippen LogP contribution in [-0.2, 0) is 37.4 Å². The second-order valence-electron chi connectivity index (χ2n) is 9.31. The Labute approximate surface area is 234 Å². The Bertz CT molecular complexity index is 1490. The number of carbonyl (C=O) groups excluding carboxylic acids is 3. The molecule has 0 fully saturated rings. The molecule has 0 saturated carbocycles. The minimum Gasteiger partial charge on any atom is -0.384 e. The molecule has 0 spiro atoms. The summed E-state index contributed by atoms with van der Waals surface area (Å²) in [6.07, 6.45) is -0.197. The Morgan fingerprint density at radius 2 is 1.60 bits per heavy atom. The SMILES string of the molecule is CCS(=O)(=O)N[C@H](Cc1cccc2ccccc12)C(=O)N[C@@H](CCC(N)=O)C(=O)NCc1ccc(C(=N)N)cc1.[HH]. The highest BCUT2D eigenvalue weighted by Crippen LogP contribution is 2.20. The van der Waals surface area contributed by atoms with Gasteiger partial charge in [0, 0.05) is 20.0 Å². The fraction of sp³-hybridized carbons (Fsp3) is 0.286. The summed E-state index contributed by atoms with van der Waals surface area (Å²) in [7, 11) is -3.78. The van der Waals surface area contributed by atoms with Gasteiger partial charge in [0.15, 0.2) is 0 Å². The fourth-order valence-corrected chi connectivity index (χ4v) is 4.91. The summed E-state index contributed by atoms with van der Waals surface area (Å²) in [5.74, 6) is -2.24. The highest BCUT2D eigenvalue weighted by Gasteiger charge is 2.29. The van der Waals surface area contributed by atoms with Crippen LogP contribution in [0, 0.1) is 5.41 Å². The van der Waals surface area contributed by atoms with E-state index < -0.39 is 39.8 Å². The van der Waals surface area contributed by atoms with Crippen molar-refractivity contribution >= 4 is 44.4 Å². The van der Waals surface area contributed by atoms with E-state index in [0.29, 0.717) is 5.56 Å². The first-order valence-electron chi connectivity index (χ1n) is 12.8. The van der Waals surface area contributed by atoms with Gasteiger partial charge in [-0.25, -0.2) is 13.1 Å². The zero-order chi connectivity index (χ0) is 29.3. The van der Waals surface area contributed by atoms with Gasteiger partial charge < -0.3 is 22.1 Å². The number of primary amides is 1. The van der Waals surface area contributed by atoms with Crippen molar-refractivity contribution in [2.24, 2.45) is 11.5 Å². The number of nitrogens with two attached hydrogens (primary N) is 2. The predicted octanol–water partition coefficient (Wildman–Crippen LogP) is 1.29. The highest BCUT2D eigenvalue weighted by molar-refractivity contribution is 7.89. The molecule has 0 aromatic heterocycles. The Morgan fingerprint density at radius 1 is 0.925 bits per heavy atom. The van der Waals surface area contributed by atoms with E-state index in [1.165, 1.54) is 6.92 Å². The minimum absolute atomic E-state index is 0. The van der Waals surface area contributed by atoms with Gasteiger partial charge in [-0.05, 0) is 41.7 Å². The van der Waals surface area contributed by atoms with Crippen molar-refractivity contribution in [2.45, 2.75) is 44.8 Å². The number of nitrogen functional groups attached to an aromatic ring is 1. The van der Waals surface area contributed by atoms with E-state index in [1.807, 2.05) is 42.5 Å². The van der Waals surface area contributed by atoms with E-state index in [2.05, 4.69) is 15.4 Å². The minimum atomic E-state index is -3.78. The summed E-state index contributed by atoms with van der Waals surface area (Å²) >= 11 is 0. The molecule has 3 amide bonds. The number of carbonyl (C=O) groups is 3. The monoisotopic (exact) mass is 568 g/mol. The van der Waals surface area contributed by atoms with Crippen LogP contribution in [0.2, 0.25) is 0 Å². The predicted molar refractivity (Wildman–Crippen MR) is 156 cm³/mol. The van der Waals surface area contributed by atoms with Crippen molar-refractivity contribution in [3.63, 3.8) is 0 Å². The van der Waals surface area contributed by atoms with Gasteiger partial charge in [-0.1, -0.05) is 66.7 Å². The highest BCUT2D eigenvalue weighted by atomic mass is 32.2. The molecule has 3 aromatic carbocycles. The van der Waals surface area contributed by atoms with E-state index in [4.69, 9.17) is 16.9 Å². The molecular weight excluding hydrogens is 532 g/mol. The molecule has 0 aliphatic heterocycles. The van der Waals surface area contributed by atoms with Crippen LogP contribution in [-0.4, -0.2) is 49.8 Å². The van der Waals surface area contributed by atoms with E-state index in [-0.39, 0.29) is 38.8 Å². The summed E-state index contributed by atoms with van der Waals surface area (Å²) in [5.41, 5.74) is 12.8. The molecule has 0 heterocycles. The summed E-state index contributed by atoms with van der Waals surface area (Å²) in [4.78, 5) is 38.0. The van der Waals surface area contributed by atoms with Crippen molar-refractivity contribution in [1.29, 1.82) is 5.41 Å². The number of hydrogen-bond donors (Lipinski definition) is 6. The molecule has 214 valence electrons. The summed E-state index contributed by atoms with van der Waals surface area (Å²) in [6.45, 7) is 1.57. The maximum Gasteiger partial charge on any atom is 0.242 e. The molecule has 0 saturated heterocycles. The Hall–Kier alpha value is -4.29. The number of amidine groups is 1. The summed E-state index contributed by atoms with van der Waals surface area (Å²) in [5, 5.41) is 14.6. The molecule has 40 heavy (non-hydrogen) atoms. The zero-order valence-electron chi connectivity index (χ0n) is 22.1. The zero-order valence-corrected chi connectivity index (χ0v) is 23.0. The molecular formula is C28H36N6O5S. The van der Waals surface area contributed by atoms with Crippen molar-refractivity contribution in [3.8, 4) is 0 Å². The van der Waals surface area contributed by atoms with Gasteiger partial charge in [0.05, 0.1) is 5.75 Å². The van der Waals surface area contributed by atoms with Crippen LogP contribution in [0.25, 0.3) is 10.8 Å². The Morgan fingerprint density at radius 3 is 2.25 bits per heavy atom. The number of rotatable bonds is 14. The van der Waals surface area contributed by atoms with Crippen LogP contribution in [0.4, 0.5) is 0 Å². The van der Waals surface area contributed by atoms with Crippen LogP contribution >= 0.6 is 0 Å². The quantitative estimate of drug-likeness (QED) is 0.125. The maximum atomic E-state index is 13.4. The third-order valence-corrected chi connectivity index (χ3v) is 7.77. The van der Waals surface area contributed by atoms with Crippen molar-refractivity contribution in [2.75, 3.05) is 5.75 Å². The normalized spacial score (nSPS) is 12.8. The van der Waals surface area contributed by atoms with Gasteiger partial charge in [0.25, 0.3) is 0 Å².